The predicted molar refractivity (Wildman–Crippen MR) is 123 cm³/mol. The van der Waals surface area contributed by atoms with Gasteiger partial charge in [-0.3, -0.25) is 0 Å². The van der Waals surface area contributed by atoms with Crippen molar-refractivity contribution >= 4 is 22.7 Å². The van der Waals surface area contributed by atoms with E-state index in [-0.39, 0.29) is 0 Å². The van der Waals surface area contributed by atoms with Crippen molar-refractivity contribution in [3.05, 3.63) is 82.4 Å². The summed E-state index contributed by atoms with van der Waals surface area (Å²) in [6, 6.07) is 17.9. The van der Waals surface area contributed by atoms with Crippen molar-refractivity contribution in [1.29, 1.82) is 0 Å². The monoisotopic (exact) mass is 376 g/mol. The molecule has 3 aromatic rings. The average Bonchev–Trinajstić information content (AvgIpc) is 2.69. The van der Waals surface area contributed by atoms with Gasteiger partial charge >= 0.3 is 0 Å². The molecule has 0 heterocycles. The van der Waals surface area contributed by atoms with Gasteiger partial charge in [-0.15, -0.1) is 0 Å². The molecule has 0 aliphatic heterocycles. The van der Waals surface area contributed by atoms with E-state index in [0.717, 1.165) is 47.6 Å². The van der Waals surface area contributed by atoms with Crippen LogP contribution in [0.5, 0.6) is 0 Å². The van der Waals surface area contributed by atoms with Gasteiger partial charge in [-0.2, -0.15) is 0 Å². The maximum absolute atomic E-state index is 5.99. The first-order valence-electron chi connectivity index (χ1n) is 9.70. The van der Waals surface area contributed by atoms with E-state index < -0.39 is 0 Å². The molecule has 0 amide bonds. The minimum absolute atomic E-state index is 0.802. The molecule has 4 nitrogen and oxygen atoms in total. The van der Waals surface area contributed by atoms with E-state index in [9.17, 15) is 0 Å². The molecule has 0 aliphatic rings. The quantitative estimate of drug-likeness (QED) is 0.494. The van der Waals surface area contributed by atoms with Gasteiger partial charge in [0.2, 0.25) is 0 Å². The molecule has 0 aromatic heterocycles. The summed E-state index contributed by atoms with van der Waals surface area (Å²) in [7, 11) is 0. The van der Waals surface area contributed by atoms with Crippen molar-refractivity contribution in [3.8, 4) is 0 Å². The number of hydrogen-bond donors (Lipinski definition) is 4. The maximum atomic E-state index is 5.99. The molecule has 28 heavy (non-hydrogen) atoms. The van der Waals surface area contributed by atoms with Crippen LogP contribution in [0.1, 0.15) is 41.7 Å². The average molecular weight is 377 g/mol. The van der Waals surface area contributed by atoms with E-state index in [4.69, 9.17) is 22.9 Å². The third-order valence-corrected chi connectivity index (χ3v) is 4.99. The van der Waals surface area contributed by atoms with Gasteiger partial charge in [0.05, 0.1) is 0 Å². The summed E-state index contributed by atoms with van der Waals surface area (Å²) in [5, 5.41) is 0. The first kappa shape index (κ1) is 21.2. The second-order valence-electron chi connectivity index (χ2n) is 7.01. The second kappa shape index (κ2) is 9.70. The van der Waals surface area contributed by atoms with E-state index >= 15 is 0 Å². The zero-order valence-corrected chi connectivity index (χ0v) is 17.1. The van der Waals surface area contributed by atoms with Crippen LogP contribution < -0.4 is 22.9 Å². The van der Waals surface area contributed by atoms with Gasteiger partial charge in [-0.1, -0.05) is 38.1 Å². The molecule has 0 aliphatic carbocycles. The van der Waals surface area contributed by atoms with E-state index in [1.165, 1.54) is 22.3 Å². The Morgan fingerprint density at radius 2 is 1.14 bits per heavy atom. The van der Waals surface area contributed by atoms with Gasteiger partial charge in [0.1, 0.15) is 0 Å². The minimum atomic E-state index is 0.802. The van der Waals surface area contributed by atoms with E-state index in [1.807, 2.05) is 54.6 Å². The van der Waals surface area contributed by atoms with Crippen LogP contribution in [-0.2, 0) is 19.3 Å². The Balaban J connectivity index is 0.000000203. The minimum Gasteiger partial charge on any atom is -0.399 e. The number of rotatable bonds is 4. The van der Waals surface area contributed by atoms with E-state index in [1.54, 1.807) is 0 Å². The molecular formula is C24H32N4. The Labute approximate surface area is 168 Å². The highest BCUT2D eigenvalue weighted by Crippen LogP contribution is 2.27. The van der Waals surface area contributed by atoms with Crippen LogP contribution in [0, 0.1) is 6.92 Å². The van der Waals surface area contributed by atoms with Gasteiger partial charge < -0.3 is 22.9 Å². The summed E-state index contributed by atoms with van der Waals surface area (Å²) in [6.45, 7) is 6.26. The van der Waals surface area contributed by atoms with Gasteiger partial charge in [0.25, 0.3) is 0 Å². The van der Waals surface area contributed by atoms with Crippen molar-refractivity contribution in [3.63, 3.8) is 0 Å². The second-order valence-corrected chi connectivity index (χ2v) is 7.01. The predicted octanol–water partition coefficient (Wildman–Crippen LogP) is 4.73. The molecular weight excluding hydrogens is 344 g/mol. The Bertz CT molecular complexity index is 854. The Morgan fingerprint density at radius 3 is 1.54 bits per heavy atom. The number of benzene rings is 3. The summed E-state index contributed by atoms with van der Waals surface area (Å²) in [5.41, 5.74) is 32.5. The van der Waals surface area contributed by atoms with Gasteiger partial charge in [0, 0.05) is 22.7 Å². The molecule has 0 fully saturated rings. The van der Waals surface area contributed by atoms with Crippen molar-refractivity contribution in [2.24, 2.45) is 0 Å². The Morgan fingerprint density at radius 1 is 0.679 bits per heavy atom. The molecule has 0 radical (unpaired) electrons. The first-order valence-corrected chi connectivity index (χ1v) is 9.70. The van der Waals surface area contributed by atoms with Crippen molar-refractivity contribution in [1.82, 2.24) is 0 Å². The molecule has 0 spiro atoms. The Kier molecular flexibility index (Phi) is 7.33. The van der Waals surface area contributed by atoms with Crippen molar-refractivity contribution < 1.29 is 0 Å². The molecule has 0 saturated carbocycles. The summed E-state index contributed by atoms with van der Waals surface area (Å²) < 4.78 is 0. The molecule has 3 rings (SSSR count). The maximum Gasteiger partial charge on any atom is 0.0399 e. The highest BCUT2D eigenvalue weighted by atomic mass is 14.6. The van der Waals surface area contributed by atoms with Crippen LogP contribution in [0.2, 0.25) is 0 Å². The largest absolute Gasteiger partial charge is 0.399 e. The van der Waals surface area contributed by atoms with Crippen LogP contribution in [0.4, 0.5) is 22.7 Å². The van der Waals surface area contributed by atoms with Crippen LogP contribution in [-0.4, -0.2) is 0 Å². The lowest BCUT2D eigenvalue weighted by Crippen LogP contribution is -2.04. The summed E-state index contributed by atoms with van der Waals surface area (Å²) in [4.78, 5) is 0. The molecule has 0 atom stereocenters. The lowest BCUT2D eigenvalue weighted by molar-refractivity contribution is 1.08. The SMILES string of the molecule is CCc1cc(N)c(CC)c(N)c1C.Nc1ccc(Cc2ccc(N)cc2)cc1. The van der Waals surface area contributed by atoms with Crippen LogP contribution in [0.25, 0.3) is 0 Å². The third-order valence-electron chi connectivity index (χ3n) is 4.99. The van der Waals surface area contributed by atoms with Crippen LogP contribution in [0.15, 0.2) is 54.6 Å². The summed E-state index contributed by atoms with van der Waals surface area (Å²) in [5.74, 6) is 0. The van der Waals surface area contributed by atoms with Gasteiger partial charge in [0.15, 0.2) is 0 Å². The van der Waals surface area contributed by atoms with E-state index in [2.05, 4.69) is 20.8 Å². The number of nitrogen functional groups attached to an aromatic ring is 4. The molecule has 3 aromatic carbocycles. The molecule has 0 saturated heterocycles. The van der Waals surface area contributed by atoms with Crippen LogP contribution in [0.3, 0.4) is 0 Å². The fraction of sp³-hybridized carbons (Fsp3) is 0.250. The molecule has 8 N–H and O–H groups in total. The van der Waals surface area contributed by atoms with E-state index in [0.29, 0.717) is 0 Å². The highest BCUT2D eigenvalue weighted by Gasteiger charge is 2.08. The first-order chi connectivity index (χ1) is 13.3. The highest BCUT2D eigenvalue weighted by molar-refractivity contribution is 5.67. The normalized spacial score (nSPS) is 10.2. The fourth-order valence-electron chi connectivity index (χ4n) is 3.21. The topological polar surface area (TPSA) is 104 Å². The van der Waals surface area contributed by atoms with Crippen molar-refractivity contribution in [2.75, 3.05) is 22.9 Å². The lowest BCUT2D eigenvalue weighted by Gasteiger charge is -2.13. The zero-order valence-electron chi connectivity index (χ0n) is 17.1. The third kappa shape index (κ3) is 5.43. The lowest BCUT2D eigenvalue weighted by atomic mass is 9.97. The van der Waals surface area contributed by atoms with Crippen LogP contribution >= 0.6 is 0 Å². The standard InChI is InChI=1S/C13H14N2.C11H18N2/c14-12-5-1-10(2-6-12)9-11-3-7-13(15)8-4-11;1-4-8-6-10(12)9(5-2)11(13)7(8)3/h1-8H,9,14-15H2;6H,4-5,12-13H2,1-3H3. The Hall–Kier alpha value is -3.14. The summed E-state index contributed by atoms with van der Waals surface area (Å²) >= 11 is 0. The zero-order chi connectivity index (χ0) is 20.7. The van der Waals surface area contributed by atoms with Gasteiger partial charge in [-0.05, 0) is 84.3 Å². The number of nitrogens with two attached hydrogens (primary N) is 4. The van der Waals surface area contributed by atoms with Gasteiger partial charge in [-0.25, -0.2) is 0 Å². The molecule has 0 bridgehead atoms. The fourth-order valence-corrected chi connectivity index (χ4v) is 3.21. The number of anilines is 4. The molecule has 148 valence electrons. The number of hydrogen-bond acceptors (Lipinski definition) is 4. The molecule has 4 heteroatoms. The summed E-state index contributed by atoms with van der Waals surface area (Å²) in [6.07, 6.45) is 2.81. The smallest absolute Gasteiger partial charge is 0.0399 e. The number of aryl methyl sites for hydroxylation is 1. The molecule has 0 unspecified atom stereocenters. The van der Waals surface area contributed by atoms with Crippen molar-refractivity contribution in [2.45, 2.75) is 40.0 Å².